The third kappa shape index (κ3) is 4.87. The molecule has 164 valence electrons. The first-order valence-electron chi connectivity index (χ1n) is 10.5. The van der Waals surface area contributed by atoms with Gasteiger partial charge in [0, 0.05) is 19.0 Å². The average Bonchev–Trinajstić information content (AvgIpc) is 3.09. The van der Waals surface area contributed by atoms with Crippen LogP contribution in [-0.2, 0) is 14.3 Å². The van der Waals surface area contributed by atoms with Gasteiger partial charge in [0.25, 0.3) is 0 Å². The van der Waals surface area contributed by atoms with Gasteiger partial charge >= 0.3 is 12.1 Å². The Bertz CT molecular complexity index is 928. The molecular formula is C24H28N2O5. The van der Waals surface area contributed by atoms with Gasteiger partial charge in [0.2, 0.25) is 5.91 Å². The van der Waals surface area contributed by atoms with Crippen molar-refractivity contribution in [1.82, 2.24) is 10.2 Å². The van der Waals surface area contributed by atoms with Crippen LogP contribution < -0.4 is 5.32 Å². The molecule has 0 saturated heterocycles. The number of aliphatic carboxylic acids is 1. The highest BCUT2D eigenvalue weighted by Gasteiger charge is 2.30. The number of alkyl carbamates (subject to hydrolysis) is 1. The molecular weight excluding hydrogens is 396 g/mol. The Morgan fingerprint density at radius 1 is 1.03 bits per heavy atom. The number of ether oxygens (including phenoxy) is 1. The van der Waals surface area contributed by atoms with Crippen LogP contribution in [0.1, 0.15) is 37.8 Å². The molecule has 0 saturated carbocycles. The van der Waals surface area contributed by atoms with Crippen LogP contribution in [0, 0.1) is 5.92 Å². The Labute approximate surface area is 182 Å². The maximum absolute atomic E-state index is 12.6. The first-order chi connectivity index (χ1) is 14.8. The van der Waals surface area contributed by atoms with Crippen LogP contribution in [0.4, 0.5) is 4.79 Å². The predicted octanol–water partition coefficient (Wildman–Crippen LogP) is 3.48. The molecule has 1 unspecified atom stereocenters. The second kappa shape index (κ2) is 9.64. The molecule has 3 rings (SSSR count). The molecule has 1 aliphatic rings. The van der Waals surface area contributed by atoms with Crippen LogP contribution >= 0.6 is 0 Å². The van der Waals surface area contributed by atoms with Crippen molar-refractivity contribution >= 4 is 18.0 Å². The number of hydrogen-bond acceptors (Lipinski definition) is 4. The summed E-state index contributed by atoms with van der Waals surface area (Å²) in [7, 11) is 0. The first kappa shape index (κ1) is 22.3. The van der Waals surface area contributed by atoms with Gasteiger partial charge < -0.3 is 20.1 Å². The molecule has 2 amide bonds. The lowest BCUT2D eigenvalue weighted by Crippen LogP contribution is -2.48. The quantitative estimate of drug-likeness (QED) is 0.676. The summed E-state index contributed by atoms with van der Waals surface area (Å²) in [5.41, 5.74) is 4.50. The summed E-state index contributed by atoms with van der Waals surface area (Å²) in [6.45, 7) is 5.48. The standard InChI is InChI=1S/C24H28N2O5/c1-4-26(13-15(2)23(28)29)22(27)16(3)25-24(30)31-14-21-19-11-7-5-9-17(19)18-10-6-8-12-20(18)21/h5-12,15-16,21H,4,13-14H2,1-3H3,(H,25,30)(H,28,29)/t15?,16-/m1/s1. The van der Waals surface area contributed by atoms with E-state index in [1.807, 2.05) is 36.4 Å². The van der Waals surface area contributed by atoms with Gasteiger partial charge in [-0.15, -0.1) is 0 Å². The zero-order valence-corrected chi connectivity index (χ0v) is 18.0. The van der Waals surface area contributed by atoms with Gasteiger partial charge in [0.15, 0.2) is 0 Å². The molecule has 31 heavy (non-hydrogen) atoms. The molecule has 7 heteroatoms. The van der Waals surface area contributed by atoms with Crippen molar-refractivity contribution in [1.29, 1.82) is 0 Å². The minimum atomic E-state index is -0.969. The van der Waals surface area contributed by atoms with Crippen LogP contribution in [0.3, 0.4) is 0 Å². The number of likely N-dealkylation sites (N-methyl/N-ethyl adjacent to an activating group) is 1. The Hall–Kier alpha value is -3.35. The number of hydrogen-bond donors (Lipinski definition) is 2. The van der Waals surface area contributed by atoms with E-state index in [1.54, 1.807) is 20.8 Å². The fraction of sp³-hybridized carbons (Fsp3) is 0.375. The summed E-state index contributed by atoms with van der Waals surface area (Å²) >= 11 is 0. The molecule has 0 spiro atoms. The van der Waals surface area contributed by atoms with Crippen molar-refractivity contribution in [2.45, 2.75) is 32.7 Å². The van der Waals surface area contributed by atoms with Crippen molar-refractivity contribution in [3.63, 3.8) is 0 Å². The lowest BCUT2D eigenvalue weighted by atomic mass is 9.98. The number of nitrogens with zero attached hydrogens (tertiary/aromatic N) is 1. The zero-order valence-electron chi connectivity index (χ0n) is 18.0. The molecule has 2 aromatic carbocycles. The topological polar surface area (TPSA) is 95.9 Å². The van der Waals surface area contributed by atoms with Gasteiger partial charge in [-0.3, -0.25) is 9.59 Å². The molecule has 0 fully saturated rings. The van der Waals surface area contributed by atoms with Gasteiger partial charge in [-0.25, -0.2) is 4.79 Å². The van der Waals surface area contributed by atoms with Crippen LogP contribution in [0.5, 0.6) is 0 Å². The van der Waals surface area contributed by atoms with E-state index in [4.69, 9.17) is 9.84 Å². The van der Waals surface area contributed by atoms with Crippen molar-refractivity contribution in [2.24, 2.45) is 5.92 Å². The molecule has 0 heterocycles. The molecule has 0 aliphatic heterocycles. The fourth-order valence-electron chi connectivity index (χ4n) is 3.94. The summed E-state index contributed by atoms with van der Waals surface area (Å²) in [4.78, 5) is 37.5. The number of carboxylic acid groups (broad SMARTS) is 1. The van der Waals surface area contributed by atoms with Gasteiger partial charge in [-0.1, -0.05) is 55.5 Å². The fourth-order valence-corrected chi connectivity index (χ4v) is 3.94. The van der Waals surface area contributed by atoms with Crippen LogP contribution in [0.15, 0.2) is 48.5 Å². The van der Waals surface area contributed by atoms with Gasteiger partial charge in [-0.05, 0) is 36.1 Å². The number of rotatable bonds is 8. The molecule has 2 atom stereocenters. The number of carbonyl (C=O) groups excluding carboxylic acids is 2. The van der Waals surface area contributed by atoms with Crippen molar-refractivity contribution < 1.29 is 24.2 Å². The van der Waals surface area contributed by atoms with Crippen molar-refractivity contribution in [3.05, 3.63) is 59.7 Å². The third-order valence-corrected chi connectivity index (χ3v) is 5.66. The number of nitrogens with one attached hydrogen (secondary N) is 1. The monoisotopic (exact) mass is 424 g/mol. The maximum atomic E-state index is 12.6. The van der Waals surface area contributed by atoms with E-state index in [0.29, 0.717) is 6.54 Å². The van der Waals surface area contributed by atoms with Gasteiger partial charge in [0.05, 0.1) is 5.92 Å². The largest absolute Gasteiger partial charge is 0.481 e. The van der Waals surface area contributed by atoms with Crippen LogP contribution in [-0.4, -0.2) is 53.7 Å². The summed E-state index contributed by atoms with van der Waals surface area (Å²) < 4.78 is 5.48. The Morgan fingerprint density at radius 3 is 2.10 bits per heavy atom. The number of carboxylic acids is 1. The molecule has 2 aromatic rings. The van der Waals surface area contributed by atoms with E-state index in [1.165, 1.54) is 4.90 Å². The van der Waals surface area contributed by atoms with Gasteiger partial charge in [-0.2, -0.15) is 0 Å². The molecule has 2 N–H and O–H groups in total. The molecule has 0 radical (unpaired) electrons. The molecule has 0 aromatic heterocycles. The van der Waals surface area contributed by atoms with E-state index in [-0.39, 0.29) is 25.0 Å². The van der Waals surface area contributed by atoms with Crippen molar-refractivity contribution in [3.8, 4) is 11.1 Å². The SMILES string of the molecule is CCN(CC(C)C(=O)O)C(=O)[C@@H](C)NC(=O)OCC1c2ccccc2-c2ccccc21. The Balaban J connectivity index is 1.60. The highest BCUT2D eigenvalue weighted by atomic mass is 16.5. The minimum absolute atomic E-state index is 0.0623. The van der Waals surface area contributed by atoms with E-state index in [2.05, 4.69) is 17.4 Å². The summed E-state index contributed by atoms with van der Waals surface area (Å²) in [6, 6.07) is 15.3. The number of benzene rings is 2. The van der Waals surface area contributed by atoms with Crippen molar-refractivity contribution in [2.75, 3.05) is 19.7 Å². The van der Waals surface area contributed by atoms with Crippen LogP contribution in [0.25, 0.3) is 11.1 Å². The Kier molecular flexibility index (Phi) is 6.95. The van der Waals surface area contributed by atoms with Crippen LogP contribution in [0.2, 0.25) is 0 Å². The highest BCUT2D eigenvalue weighted by molar-refractivity contribution is 5.86. The molecule has 0 bridgehead atoms. The Morgan fingerprint density at radius 2 is 1.58 bits per heavy atom. The lowest BCUT2D eigenvalue weighted by Gasteiger charge is -2.26. The highest BCUT2D eigenvalue weighted by Crippen LogP contribution is 2.44. The molecule has 1 aliphatic carbocycles. The number of fused-ring (bicyclic) bond motifs is 3. The summed E-state index contributed by atoms with van der Waals surface area (Å²) in [5, 5.41) is 11.6. The smallest absolute Gasteiger partial charge is 0.407 e. The van der Waals surface area contributed by atoms with E-state index in [0.717, 1.165) is 22.3 Å². The van der Waals surface area contributed by atoms with E-state index >= 15 is 0 Å². The normalized spacial score (nSPS) is 14.2. The lowest BCUT2D eigenvalue weighted by molar-refractivity contribution is -0.143. The zero-order chi connectivity index (χ0) is 22.5. The number of carbonyl (C=O) groups is 3. The van der Waals surface area contributed by atoms with E-state index < -0.39 is 24.0 Å². The summed E-state index contributed by atoms with van der Waals surface area (Å²) in [6.07, 6.45) is -0.676. The average molecular weight is 424 g/mol. The predicted molar refractivity (Wildman–Crippen MR) is 117 cm³/mol. The van der Waals surface area contributed by atoms with Gasteiger partial charge in [0.1, 0.15) is 12.6 Å². The number of amides is 2. The third-order valence-electron chi connectivity index (χ3n) is 5.66. The van der Waals surface area contributed by atoms with E-state index in [9.17, 15) is 14.4 Å². The second-order valence-electron chi connectivity index (χ2n) is 7.81. The molecule has 7 nitrogen and oxygen atoms in total. The first-order valence-corrected chi connectivity index (χ1v) is 10.5. The second-order valence-corrected chi connectivity index (χ2v) is 7.81. The maximum Gasteiger partial charge on any atom is 0.407 e. The summed E-state index contributed by atoms with van der Waals surface area (Å²) in [5.74, 6) is -2.06. The minimum Gasteiger partial charge on any atom is -0.481 e.